The average molecular weight is 311 g/mol. The molecule has 122 valence electrons. The maximum Gasteiger partial charge on any atom is 0.227 e. The fraction of sp³-hybridized carbons (Fsp3) is 0.500. The topological polar surface area (TPSA) is 45.2 Å². The Labute approximate surface area is 138 Å². The maximum absolute atomic E-state index is 4.78. The van der Waals surface area contributed by atoms with Crippen LogP contribution in [0.15, 0.2) is 24.5 Å². The van der Waals surface area contributed by atoms with Crippen LogP contribution < -0.4 is 9.80 Å². The number of hydrogen-bond acceptors (Lipinski definition) is 5. The van der Waals surface area contributed by atoms with Gasteiger partial charge in [-0.15, -0.1) is 0 Å². The molecule has 0 unspecified atom stereocenters. The van der Waals surface area contributed by atoms with Gasteiger partial charge >= 0.3 is 0 Å². The summed E-state index contributed by atoms with van der Waals surface area (Å²) < 4.78 is 0. The van der Waals surface area contributed by atoms with E-state index in [2.05, 4.69) is 40.8 Å². The maximum atomic E-state index is 4.78. The van der Waals surface area contributed by atoms with E-state index in [1.54, 1.807) is 0 Å². The van der Waals surface area contributed by atoms with Gasteiger partial charge in [0.15, 0.2) is 0 Å². The molecular formula is C18H25N5. The van der Waals surface area contributed by atoms with Crippen LogP contribution in [0.3, 0.4) is 0 Å². The van der Waals surface area contributed by atoms with Crippen molar-refractivity contribution in [3.05, 3.63) is 41.3 Å². The van der Waals surface area contributed by atoms with Crippen LogP contribution in [0.5, 0.6) is 0 Å². The predicted molar refractivity (Wildman–Crippen MR) is 94.3 cm³/mol. The summed E-state index contributed by atoms with van der Waals surface area (Å²) in [5.74, 6) is 2.51. The Morgan fingerprint density at radius 3 is 2.30 bits per heavy atom. The van der Waals surface area contributed by atoms with Crippen LogP contribution >= 0.6 is 0 Å². The van der Waals surface area contributed by atoms with Crippen molar-refractivity contribution in [2.75, 3.05) is 37.0 Å². The van der Waals surface area contributed by atoms with Gasteiger partial charge in [0, 0.05) is 50.8 Å². The third-order valence-corrected chi connectivity index (χ3v) is 4.72. The standard InChI is InChI=1S/C18H25N5/c1-13-14(2)20-18(22(3)4)21-17(13)23-11-7-16(8-12-23)15-5-9-19-10-6-15/h5-6,9-10,16H,7-8,11-12H2,1-4H3. The molecule has 23 heavy (non-hydrogen) atoms. The number of nitrogens with zero attached hydrogens (tertiary/aromatic N) is 5. The van der Waals surface area contributed by atoms with E-state index < -0.39 is 0 Å². The lowest BCUT2D eigenvalue weighted by Gasteiger charge is -2.34. The van der Waals surface area contributed by atoms with Gasteiger partial charge in [-0.25, -0.2) is 4.98 Å². The van der Waals surface area contributed by atoms with E-state index >= 15 is 0 Å². The zero-order valence-corrected chi connectivity index (χ0v) is 14.5. The van der Waals surface area contributed by atoms with Gasteiger partial charge < -0.3 is 9.80 Å². The number of aromatic nitrogens is 3. The fourth-order valence-corrected chi connectivity index (χ4v) is 3.17. The highest BCUT2D eigenvalue weighted by molar-refractivity contribution is 5.52. The Hall–Kier alpha value is -2.17. The summed E-state index contributed by atoms with van der Waals surface area (Å²) in [6.45, 7) is 6.27. The van der Waals surface area contributed by atoms with Crippen LogP contribution in [0.2, 0.25) is 0 Å². The summed E-state index contributed by atoms with van der Waals surface area (Å²) in [5.41, 5.74) is 3.66. The Bertz CT molecular complexity index is 661. The van der Waals surface area contributed by atoms with E-state index in [1.165, 1.54) is 11.1 Å². The highest BCUT2D eigenvalue weighted by Gasteiger charge is 2.23. The average Bonchev–Trinajstić information content (AvgIpc) is 2.58. The summed E-state index contributed by atoms with van der Waals surface area (Å²) >= 11 is 0. The molecule has 1 fully saturated rings. The molecule has 0 saturated carbocycles. The van der Waals surface area contributed by atoms with Gasteiger partial charge in [-0.3, -0.25) is 4.98 Å². The molecule has 0 amide bonds. The zero-order valence-electron chi connectivity index (χ0n) is 14.5. The molecule has 3 heterocycles. The number of piperidine rings is 1. The summed E-state index contributed by atoms with van der Waals surface area (Å²) in [5, 5.41) is 0. The lowest BCUT2D eigenvalue weighted by molar-refractivity contribution is 0.501. The molecule has 0 spiro atoms. The molecule has 0 aromatic carbocycles. The van der Waals surface area contributed by atoms with Gasteiger partial charge in [-0.2, -0.15) is 4.98 Å². The monoisotopic (exact) mass is 311 g/mol. The summed E-state index contributed by atoms with van der Waals surface area (Å²) in [7, 11) is 3.98. The van der Waals surface area contributed by atoms with Crippen LogP contribution in [0.4, 0.5) is 11.8 Å². The molecule has 0 radical (unpaired) electrons. The fourth-order valence-electron chi connectivity index (χ4n) is 3.17. The lowest BCUT2D eigenvalue weighted by atomic mass is 9.90. The highest BCUT2D eigenvalue weighted by Crippen LogP contribution is 2.31. The molecule has 1 saturated heterocycles. The van der Waals surface area contributed by atoms with E-state index in [-0.39, 0.29) is 0 Å². The van der Waals surface area contributed by atoms with Gasteiger partial charge in [0.05, 0.1) is 0 Å². The van der Waals surface area contributed by atoms with E-state index in [0.29, 0.717) is 5.92 Å². The molecule has 1 aliphatic heterocycles. The van der Waals surface area contributed by atoms with Gasteiger partial charge in [-0.05, 0) is 50.3 Å². The molecule has 0 N–H and O–H groups in total. The van der Waals surface area contributed by atoms with Crippen molar-refractivity contribution in [2.45, 2.75) is 32.6 Å². The first-order chi connectivity index (χ1) is 11.1. The number of hydrogen-bond donors (Lipinski definition) is 0. The van der Waals surface area contributed by atoms with Crippen molar-refractivity contribution in [3.63, 3.8) is 0 Å². The molecule has 2 aromatic rings. The van der Waals surface area contributed by atoms with Crippen LogP contribution in [-0.2, 0) is 0 Å². The van der Waals surface area contributed by atoms with Crippen LogP contribution in [-0.4, -0.2) is 42.1 Å². The van der Waals surface area contributed by atoms with Gasteiger partial charge in [0.1, 0.15) is 5.82 Å². The molecule has 0 aliphatic carbocycles. The molecule has 1 aliphatic rings. The molecule has 5 nitrogen and oxygen atoms in total. The van der Waals surface area contributed by atoms with Crippen molar-refractivity contribution in [1.29, 1.82) is 0 Å². The van der Waals surface area contributed by atoms with Gasteiger partial charge in [-0.1, -0.05) is 0 Å². The third kappa shape index (κ3) is 3.28. The van der Waals surface area contributed by atoms with Crippen molar-refractivity contribution in [1.82, 2.24) is 15.0 Å². The minimum atomic E-state index is 0.630. The second-order valence-electron chi connectivity index (χ2n) is 6.49. The molecule has 0 bridgehead atoms. The Morgan fingerprint density at radius 2 is 1.70 bits per heavy atom. The Balaban J connectivity index is 1.77. The molecule has 2 aromatic heterocycles. The van der Waals surface area contributed by atoms with Crippen LogP contribution in [0.25, 0.3) is 0 Å². The van der Waals surface area contributed by atoms with Crippen molar-refractivity contribution < 1.29 is 0 Å². The van der Waals surface area contributed by atoms with Gasteiger partial charge in [0.25, 0.3) is 0 Å². The Morgan fingerprint density at radius 1 is 1.04 bits per heavy atom. The molecule has 5 heteroatoms. The predicted octanol–water partition coefficient (Wildman–Crippen LogP) is 2.94. The molecular weight excluding hydrogens is 286 g/mol. The normalized spacial score (nSPS) is 15.7. The van der Waals surface area contributed by atoms with E-state index in [4.69, 9.17) is 4.98 Å². The summed E-state index contributed by atoms with van der Waals surface area (Å²) in [4.78, 5) is 17.9. The largest absolute Gasteiger partial charge is 0.356 e. The molecule has 3 rings (SSSR count). The first-order valence-electron chi connectivity index (χ1n) is 8.23. The highest BCUT2D eigenvalue weighted by atomic mass is 15.3. The van der Waals surface area contributed by atoms with Crippen molar-refractivity contribution in [2.24, 2.45) is 0 Å². The van der Waals surface area contributed by atoms with Crippen LogP contribution in [0, 0.1) is 13.8 Å². The van der Waals surface area contributed by atoms with E-state index in [0.717, 1.165) is 43.4 Å². The minimum absolute atomic E-state index is 0.630. The Kier molecular flexibility index (Phi) is 4.46. The summed E-state index contributed by atoms with van der Waals surface area (Å²) in [6, 6.07) is 4.29. The first-order valence-corrected chi connectivity index (χ1v) is 8.23. The zero-order chi connectivity index (χ0) is 16.4. The SMILES string of the molecule is Cc1nc(N(C)C)nc(N2CCC(c3ccncc3)CC2)c1C. The quantitative estimate of drug-likeness (QED) is 0.872. The third-order valence-electron chi connectivity index (χ3n) is 4.72. The second kappa shape index (κ2) is 6.52. The van der Waals surface area contributed by atoms with E-state index in [1.807, 2.05) is 31.4 Å². The number of pyridine rings is 1. The van der Waals surface area contributed by atoms with Crippen molar-refractivity contribution >= 4 is 11.8 Å². The number of aryl methyl sites for hydroxylation is 1. The summed E-state index contributed by atoms with van der Waals surface area (Å²) in [6.07, 6.45) is 6.10. The molecule has 0 atom stereocenters. The lowest BCUT2D eigenvalue weighted by Crippen LogP contribution is -2.34. The van der Waals surface area contributed by atoms with Gasteiger partial charge in [0.2, 0.25) is 5.95 Å². The van der Waals surface area contributed by atoms with Crippen LogP contribution in [0.1, 0.15) is 35.6 Å². The minimum Gasteiger partial charge on any atom is -0.356 e. The number of rotatable bonds is 3. The van der Waals surface area contributed by atoms with E-state index in [9.17, 15) is 0 Å². The smallest absolute Gasteiger partial charge is 0.227 e. The number of anilines is 2. The van der Waals surface area contributed by atoms with Crippen molar-refractivity contribution in [3.8, 4) is 0 Å². The first kappa shape index (κ1) is 15.7. The second-order valence-corrected chi connectivity index (χ2v) is 6.49.